The summed E-state index contributed by atoms with van der Waals surface area (Å²) in [5, 5.41) is 2.99. The van der Waals surface area contributed by atoms with Gasteiger partial charge in [-0.2, -0.15) is 0 Å². The summed E-state index contributed by atoms with van der Waals surface area (Å²) in [5.41, 5.74) is 3.56. The highest BCUT2D eigenvalue weighted by Crippen LogP contribution is 2.42. The van der Waals surface area contributed by atoms with Crippen molar-refractivity contribution in [1.82, 2.24) is 5.32 Å². The molecule has 1 saturated carbocycles. The SMILES string of the molecule is Cc1ccccc1C=C1Sc2ccc(C(=O)NC3CC3)cc2N(C)C1=O. The Kier molecular flexibility index (Phi) is 4.32. The van der Waals surface area contributed by atoms with Crippen molar-refractivity contribution in [2.45, 2.75) is 30.7 Å². The van der Waals surface area contributed by atoms with Crippen LogP contribution in [0.2, 0.25) is 0 Å². The maximum Gasteiger partial charge on any atom is 0.264 e. The number of rotatable bonds is 3. The van der Waals surface area contributed by atoms with E-state index in [0.717, 1.165) is 34.6 Å². The molecule has 1 aliphatic heterocycles. The molecular formula is C21H20N2O2S. The predicted molar refractivity (Wildman–Crippen MR) is 105 cm³/mol. The lowest BCUT2D eigenvalue weighted by Gasteiger charge is -2.27. The third-order valence-electron chi connectivity index (χ3n) is 4.71. The van der Waals surface area contributed by atoms with Crippen LogP contribution in [0.4, 0.5) is 5.69 Å². The van der Waals surface area contributed by atoms with Gasteiger partial charge in [0.1, 0.15) is 0 Å². The maximum absolute atomic E-state index is 12.8. The van der Waals surface area contributed by atoms with Crippen molar-refractivity contribution in [3.8, 4) is 0 Å². The lowest BCUT2D eigenvalue weighted by Crippen LogP contribution is -2.31. The largest absolute Gasteiger partial charge is 0.349 e. The van der Waals surface area contributed by atoms with Crippen molar-refractivity contribution in [2.75, 3.05) is 11.9 Å². The summed E-state index contributed by atoms with van der Waals surface area (Å²) in [4.78, 5) is 28.4. The van der Waals surface area contributed by atoms with Crippen LogP contribution in [0.1, 0.15) is 34.3 Å². The summed E-state index contributed by atoms with van der Waals surface area (Å²) in [6.07, 6.45) is 4.05. The number of fused-ring (bicyclic) bond motifs is 1. The van der Waals surface area contributed by atoms with Gasteiger partial charge in [0, 0.05) is 23.5 Å². The van der Waals surface area contributed by atoms with Crippen molar-refractivity contribution in [3.63, 3.8) is 0 Å². The van der Waals surface area contributed by atoms with Crippen LogP contribution in [0.25, 0.3) is 6.08 Å². The Morgan fingerprint density at radius 2 is 2.00 bits per heavy atom. The van der Waals surface area contributed by atoms with E-state index >= 15 is 0 Å². The molecule has 5 heteroatoms. The van der Waals surface area contributed by atoms with Crippen LogP contribution in [0.5, 0.6) is 0 Å². The summed E-state index contributed by atoms with van der Waals surface area (Å²) in [6.45, 7) is 2.03. The van der Waals surface area contributed by atoms with E-state index in [-0.39, 0.29) is 11.8 Å². The fourth-order valence-electron chi connectivity index (χ4n) is 2.92. The second-order valence-corrected chi connectivity index (χ2v) is 7.85. The third kappa shape index (κ3) is 3.27. The zero-order valence-corrected chi connectivity index (χ0v) is 15.6. The molecule has 2 aliphatic rings. The predicted octanol–water partition coefficient (Wildman–Crippen LogP) is 4.00. The van der Waals surface area contributed by atoms with E-state index in [1.54, 1.807) is 11.9 Å². The Labute approximate surface area is 157 Å². The number of carbonyl (C=O) groups is 2. The van der Waals surface area contributed by atoms with Gasteiger partial charge in [0.2, 0.25) is 0 Å². The zero-order valence-electron chi connectivity index (χ0n) is 14.8. The van der Waals surface area contributed by atoms with Crippen LogP contribution in [-0.4, -0.2) is 24.9 Å². The number of anilines is 1. The molecular weight excluding hydrogens is 344 g/mol. The average Bonchev–Trinajstić information content (AvgIpc) is 3.45. The molecule has 1 heterocycles. The van der Waals surface area contributed by atoms with Gasteiger partial charge in [-0.25, -0.2) is 0 Å². The summed E-state index contributed by atoms with van der Waals surface area (Å²) in [5.74, 6) is -0.118. The highest BCUT2D eigenvalue weighted by atomic mass is 32.2. The van der Waals surface area contributed by atoms with E-state index in [1.165, 1.54) is 11.8 Å². The number of carbonyl (C=O) groups excluding carboxylic acids is 2. The first-order valence-electron chi connectivity index (χ1n) is 8.71. The van der Waals surface area contributed by atoms with Crippen molar-refractivity contribution in [3.05, 3.63) is 64.1 Å². The molecule has 0 radical (unpaired) electrons. The Bertz CT molecular complexity index is 931. The molecule has 2 aromatic rings. The van der Waals surface area contributed by atoms with Gasteiger partial charge in [-0.1, -0.05) is 36.0 Å². The number of likely N-dealkylation sites (N-methyl/N-ethyl adjacent to an activating group) is 1. The molecule has 0 spiro atoms. The highest BCUT2D eigenvalue weighted by molar-refractivity contribution is 8.04. The van der Waals surface area contributed by atoms with E-state index in [2.05, 4.69) is 5.32 Å². The molecule has 1 N–H and O–H groups in total. The highest BCUT2D eigenvalue weighted by Gasteiger charge is 2.28. The number of aryl methyl sites for hydroxylation is 1. The molecule has 4 nitrogen and oxygen atoms in total. The topological polar surface area (TPSA) is 49.4 Å². The summed E-state index contributed by atoms with van der Waals surface area (Å²) < 4.78 is 0. The Balaban J connectivity index is 1.65. The first kappa shape index (κ1) is 16.9. The van der Waals surface area contributed by atoms with E-state index in [0.29, 0.717) is 16.5 Å². The number of hydrogen-bond donors (Lipinski definition) is 1. The minimum Gasteiger partial charge on any atom is -0.349 e. The molecule has 0 saturated heterocycles. The van der Waals surface area contributed by atoms with Crippen molar-refractivity contribution in [1.29, 1.82) is 0 Å². The Morgan fingerprint density at radius 1 is 1.23 bits per heavy atom. The van der Waals surface area contributed by atoms with Crippen LogP contribution in [0.3, 0.4) is 0 Å². The second-order valence-electron chi connectivity index (χ2n) is 6.76. The van der Waals surface area contributed by atoms with Gasteiger partial charge in [-0.15, -0.1) is 0 Å². The van der Waals surface area contributed by atoms with E-state index in [1.807, 2.05) is 55.5 Å². The Hall–Kier alpha value is -2.53. The lowest BCUT2D eigenvalue weighted by molar-refractivity contribution is -0.114. The molecule has 2 aromatic carbocycles. The van der Waals surface area contributed by atoms with Crippen LogP contribution >= 0.6 is 11.8 Å². The molecule has 1 fully saturated rings. The van der Waals surface area contributed by atoms with Crippen LogP contribution in [0, 0.1) is 6.92 Å². The van der Waals surface area contributed by atoms with Gasteiger partial charge < -0.3 is 10.2 Å². The molecule has 26 heavy (non-hydrogen) atoms. The maximum atomic E-state index is 12.8. The molecule has 1 aliphatic carbocycles. The minimum atomic E-state index is -0.0672. The molecule has 0 unspecified atom stereocenters. The molecule has 132 valence electrons. The Morgan fingerprint density at radius 3 is 2.73 bits per heavy atom. The summed E-state index contributed by atoms with van der Waals surface area (Å²) in [7, 11) is 1.76. The molecule has 2 amide bonds. The van der Waals surface area contributed by atoms with Crippen molar-refractivity contribution >= 4 is 35.3 Å². The van der Waals surface area contributed by atoms with Crippen LogP contribution in [0.15, 0.2) is 52.3 Å². The van der Waals surface area contributed by atoms with E-state index < -0.39 is 0 Å². The first-order valence-corrected chi connectivity index (χ1v) is 9.53. The lowest BCUT2D eigenvalue weighted by atomic mass is 10.1. The van der Waals surface area contributed by atoms with Gasteiger partial charge in [-0.05, 0) is 55.2 Å². The van der Waals surface area contributed by atoms with E-state index in [9.17, 15) is 9.59 Å². The number of nitrogens with one attached hydrogen (secondary N) is 1. The third-order valence-corrected chi connectivity index (χ3v) is 5.78. The van der Waals surface area contributed by atoms with Gasteiger partial charge in [-0.3, -0.25) is 9.59 Å². The second kappa shape index (κ2) is 6.65. The summed E-state index contributed by atoms with van der Waals surface area (Å²) >= 11 is 1.46. The zero-order chi connectivity index (χ0) is 18.3. The molecule has 0 atom stereocenters. The first-order chi connectivity index (χ1) is 12.5. The van der Waals surface area contributed by atoms with E-state index in [4.69, 9.17) is 0 Å². The fraction of sp³-hybridized carbons (Fsp3) is 0.238. The summed E-state index contributed by atoms with van der Waals surface area (Å²) in [6, 6.07) is 13.9. The van der Waals surface area contributed by atoms with Crippen LogP contribution in [-0.2, 0) is 4.79 Å². The van der Waals surface area contributed by atoms with Gasteiger partial charge in [0.25, 0.3) is 11.8 Å². The minimum absolute atomic E-state index is 0.0505. The number of benzene rings is 2. The van der Waals surface area contributed by atoms with Gasteiger partial charge in [0.05, 0.1) is 10.6 Å². The monoisotopic (exact) mass is 364 g/mol. The van der Waals surface area contributed by atoms with Gasteiger partial charge in [0.15, 0.2) is 0 Å². The average molecular weight is 364 g/mol. The standard InChI is InChI=1S/C21H20N2O2S/c1-13-5-3-4-6-14(13)12-19-21(25)23(2)17-11-15(7-10-18(17)26-19)20(24)22-16-8-9-16/h3-7,10-12,16H,8-9H2,1-2H3,(H,22,24). The molecule has 0 aromatic heterocycles. The quantitative estimate of drug-likeness (QED) is 0.838. The smallest absolute Gasteiger partial charge is 0.264 e. The van der Waals surface area contributed by atoms with Crippen molar-refractivity contribution in [2.24, 2.45) is 0 Å². The fourth-order valence-corrected chi connectivity index (χ4v) is 4.00. The van der Waals surface area contributed by atoms with Crippen molar-refractivity contribution < 1.29 is 9.59 Å². The molecule has 0 bridgehead atoms. The normalized spacial score (nSPS) is 18.0. The molecule has 4 rings (SSSR count). The number of hydrogen-bond acceptors (Lipinski definition) is 3. The number of nitrogens with zero attached hydrogens (tertiary/aromatic N) is 1. The van der Waals surface area contributed by atoms with Crippen LogP contribution < -0.4 is 10.2 Å². The van der Waals surface area contributed by atoms with Gasteiger partial charge >= 0.3 is 0 Å². The number of amides is 2. The number of thioether (sulfide) groups is 1.